The molecule has 0 bridgehead atoms. The van der Waals surface area contributed by atoms with Gasteiger partial charge in [-0.3, -0.25) is 4.90 Å². The molecule has 1 aliphatic rings. The van der Waals surface area contributed by atoms with E-state index in [1.165, 1.54) is 11.6 Å². The van der Waals surface area contributed by atoms with Crippen molar-refractivity contribution in [3.8, 4) is 0 Å². The van der Waals surface area contributed by atoms with Gasteiger partial charge in [-0.25, -0.2) is 9.18 Å². The van der Waals surface area contributed by atoms with Crippen LogP contribution in [0.2, 0.25) is 0 Å². The fraction of sp³-hybridized carbons (Fsp3) is 0.409. The number of carbonyl (C=O) groups excluding carboxylic acids is 1. The first-order chi connectivity index (χ1) is 13.4. The van der Waals surface area contributed by atoms with Crippen LogP contribution in [0.3, 0.4) is 0 Å². The average Bonchev–Trinajstić information content (AvgIpc) is 2.69. The number of benzene rings is 2. The summed E-state index contributed by atoms with van der Waals surface area (Å²) in [7, 11) is 1.86. The van der Waals surface area contributed by atoms with Crippen LogP contribution in [0.4, 0.5) is 20.6 Å². The Hall–Kier alpha value is -2.60. The molecule has 0 radical (unpaired) electrons. The molecule has 0 unspecified atom stereocenters. The van der Waals surface area contributed by atoms with Gasteiger partial charge in [0.1, 0.15) is 5.82 Å². The second-order valence-electron chi connectivity index (χ2n) is 7.55. The van der Waals surface area contributed by atoms with Crippen molar-refractivity contribution in [2.75, 3.05) is 43.4 Å². The average molecular weight is 384 g/mol. The highest BCUT2D eigenvalue weighted by Gasteiger charge is 2.21. The zero-order valence-electron chi connectivity index (χ0n) is 16.9. The van der Waals surface area contributed by atoms with Gasteiger partial charge >= 0.3 is 6.03 Å². The van der Waals surface area contributed by atoms with E-state index in [0.29, 0.717) is 24.5 Å². The largest absolute Gasteiger partial charge is 0.370 e. The Labute approximate surface area is 166 Å². The highest BCUT2D eigenvalue weighted by molar-refractivity contribution is 5.89. The maximum Gasteiger partial charge on any atom is 0.321 e. The van der Waals surface area contributed by atoms with E-state index in [4.69, 9.17) is 0 Å². The Balaban J connectivity index is 1.52. The van der Waals surface area contributed by atoms with Crippen LogP contribution in [0.5, 0.6) is 0 Å². The third kappa shape index (κ3) is 5.01. The summed E-state index contributed by atoms with van der Waals surface area (Å²) in [5, 5.41) is 2.82. The molecule has 1 fully saturated rings. The topological polar surface area (TPSA) is 38.8 Å². The highest BCUT2D eigenvalue weighted by atomic mass is 19.1. The number of piperazine rings is 1. The molecule has 2 aromatic rings. The van der Waals surface area contributed by atoms with Crippen molar-refractivity contribution in [3.63, 3.8) is 0 Å². The van der Waals surface area contributed by atoms with E-state index in [-0.39, 0.29) is 17.9 Å². The van der Waals surface area contributed by atoms with E-state index in [9.17, 15) is 9.18 Å². The molecule has 0 atom stereocenters. The molecule has 5 nitrogen and oxygen atoms in total. The molecule has 1 N–H and O–H groups in total. The standard InChI is InChI=1S/C22H29FN4O/c1-17(2)25(3)21-10-9-19(15-20(21)23)24-22(28)27-13-11-26(12-14-27)16-18-7-5-4-6-8-18/h4-10,15,17H,11-14,16H2,1-3H3,(H,24,28). The van der Waals surface area contributed by atoms with Crippen molar-refractivity contribution < 1.29 is 9.18 Å². The maximum atomic E-state index is 14.4. The van der Waals surface area contributed by atoms with E-state index in [0.717, 1.165) is 19.6 Å². The number of carbonyl (C=O) groups is 1. The van der Waals surface area contributed by atoms with Crippen LogP contribution in [-0.4, -0.2) is 55.1 Å². The van der Waals surface area contributed by atoms with Gasteiger partial charge in [0, 0.05) is 51.5 Å². The fourth-order valence-electron chi connectivity index (χ4n) is 3.30. The molecule has 0 aromatic heterocycles. The summed E-state index contributed by atoms with van der Waals surface area (Å²) in [6.07, 6.45) is 0. The summed E-state index contributed by atoms with van der Waals surface area (Å²) in [6, 6.07) is 15.2. The molecule has 150 valence electrons. The van der Waals surface area contributed by atoms with E-state index in [2.05, 4.69) is 22.3 Å². The first-order valence-corrected chi connectivity index (χ1v) is 9.78. The van der Waals surface area contributed by atoms with Crippen molar-refractivity contribution in [1.82, 2.24) is 9.80 Å². The lowest BCUT2D eigenvalue weighted by molar-refractivity contribution is 0.143. The van der Waals surface area contributed by atoms with Gasteiger partial charge in [-0.2, -0.15) is 0 Å². The Bertz CT molecular complexity index is 788. The summed E-state index contributed by atoms with van der Waals surface area (Å²) in [5.74, 6) is -0.332. The van der Waals surface area contributed by atoms with E-state index >= 15 is 0 Å². The first kappa shape index (κ1) is 20.1. The predicted molar refractivity (Wildman–Crippen MR) is 112 cm³/mol. The lowest BCUT2D eigenvalue weighted by Gasteiger charge is -2.34. The predicted octanol–water partition coefficient (Wildman–Crippen LogP) is 4.02. The Kier molecular flexibility index (Phi) is 6.52. The number of anilines is 2. The Morgan fingerprint density at radius 2 is 1.79 bits per heavy atom. The van der Waals surface area contributed by atoms with Gasteiger partial charge in [-0.15, -0.1) is 0 Å². The number of nitrogens with one attached hydrogen (secondary N) is 1. The number of nitrogens with zero attached hydrogens (tertiary/aromatic N) is 3. The normalized spacial score (nSPS) is 15.0. The van der Waals surface area contributed by atoms with Crippen LogP contribution in [0, 0.1) is 5.82 Å². The molecule has 1 aliphatic heterocycles. The van der Waals surface area contributed by atoms with Crippen LogP contribution in [0.15, 0.2) is 48.5 Å². The smallest absolute Gasteiger partial charge is 0.321 e. The summed E-state index contributed by atoms with van der Waals surface area (Å²) < 4.78 is 14.4. The Morgan fingerprint density at radius 3 is 2.39 bits per heavy atom. The fourth-order valence-corrected chi connectivity index (χ4v) is 3.30. The van der Waals surface area contributed by atoms with Crippen LogP contribution in [0.1, 0.15) is 19.4 Å². The number of halogens is 1. The van der Waals surface area contributed by atoms with Crippen molar-refractivity contribution in [2.45, 2.75) is 26.4 Å². The molecule has 0 saturated carbocycles. The summed E-state index contributed by atoms with van der Waals surface area (Å²) in [6.45, 7) is 7.89. The monoisotopic (exact) mass is 384 g/mol. The Morgan fingerprint density at radius 1 is 1.11 bits per heavy atom. The van der Waals surface area contributed by atoms with Gasteiger partial charge in [0.05, 0.1) is 5.69 Å². The molecule has 0 aliphatic carbocycles. The SMILES string of the molecule is CC(C)N(C)c1ccc(NC(=O)N2CCN(Cc3ccccc3)CC2)cc1F. The van der Waals surface area contributed by atoms with Crippen LogP contribution < -0.4 is 10.2 Å². The molecule has 0 spiro atoms. The van der Waals surface area contributed by atoms with Crippen molar-refractivity contribution in [2.24, 2.45) is 0 Å². The van der Waals surface area contributed by atoms with Gasteiger partial charge in [0.2, 0.25) is 0 Å². The highest BCUT2D eigenvalue weighted by Crippen LogP contribution is 2.23. The molecular formula is C22H29FN4O. The van der Waals surface area contributed by atoms with Crippen molar-refractivity contribution in [1.29, 1.82) is 0 Å². The molecular weight excluding hydrogens is 355 g/mol. The minimum atomic E-state index is -0.332. The van der Waals surface area contributed by atoms with Crippen LogP contribution in [-0.2, 0) is 6.54 Å². The maximum absolute atomic E-state index is 14.4. The summed E-state index contributed by atoms with van der Waals surface area (Å²) in [5.41, 5.74) is 2.29. The van der Waals surface area contributed by atoms with E-state index in [1.807, 2.05) is 44.0 Å². The van der Waals surface area contributed by atoms with Crippen molar-refractivity contribution >= 4 is 17.4 Å². The quantitative estimate of drug-likeness (QED) is 0.846. The minimum Gasteiger partial charge on any atom is -0.370 e. The molecule has 2 aromatic carbocycles. The van der Waals surface area contributed by atoms with Gasteiger partial charge in [0.15, 0.2) is 0 Å². The lowest BCUT2D eigenvalue weighted by atomic mass is 10.2. The van der Waals surface area contributed by atoms with Gasteiger partial charge in [0.25, 0.3) is 0 Å². The molecule has 1 heterocycles. The zero-order chi connectivity index (χ0) is 20.1. The second-order valence-corrected chi connectivity index (χ2v) is 7.55. The minimum absolute atomic E-state index is 0.177. The van der Waals surface area contributed by atoms with Gasteiger partial charge in [-0.1, -0.05) is 30.3 Å². The number of rotatable bonds is 5. The van der Waals surface area contributed by atoms with Crippen LogP contribution in [0.25, 0.3) is 0 Å². The van der Waals surface area contributed by atoms with E-state index < -0.39 is 0 Å². The molecule has 2 amide bonds. The lowest BCUT2D eigenvalue weighted by Crippen LogP contribution is -2.49. The van der Waals surface area contributed by atoms with E-state index in [1.54, 1.807) is 17.0 Å². The third-order valence-corrected chi connectivity index (χ3v) is 5.26. The number of hydrogen-bond donors (Lipinski definition) is 1. The van der Waals surface area contributed by atoms with Gasteiger partial charge < -0.3 is 15.1 Å². The number of urea groups is 1. The third-order valence-electron chi connectivity index (χ3n) is 5.26. The summed E-state index contributed by atoms with van der Waals surface area (Å²) >= 11 is 0. The number of amides is 2. The zero-order valence-corrected chi connectivity index (χ0v) is 16.9. The first-order valence-electron chi connectivity index (χ1n) is 9.78. The van der Waals surface area contributed by atoms with Gasteiger partial charge in [-0.05, 0) is 37.6 Å². The number of hydrogen-bond acceptors (Lipinski definition) is 3. The summed E-state index contributed by atoms with van der Waals surface area (Å²) in [4.78, 5) is 18.5. The van der Waals surface area contributed by atoms with Crippen molar-refractivity contribution in [3.05, 3.63) is 59.9 Å². The molecule has 6 heteroatoms. The molecule has 1 saturated heterocycles. The second kappa shape index (κ2) is 9.06. The molecule has 3 rings (SSSR count). The molecule has 28 heavy (non-hydrogen) atoms. The van der Waals surface area contributed by atoms with Crippen LogP contribution >= 0.6 is 0 Å².